The molecule has 0 aliphatic carbocycles. The summed E-state index contributed by atoms with van der Waals surface area (Å²) in [7, 11) is -5.34. The molecule has 1 aliphatic heterocycles. The fraction of sp³-hybridized carbons (Fsp3) is 0.538. The first-order chi connectivity index (χ1) is 9.77. The smallest absolute Gasteiger partial charge is 0.370 e. The number of halogens is 3. The maximum absolute atomic E-state index is 12.8. The van der Waals surface area contributed by atoms with Gasteiger partial charge in [0, 0.05) is 13.1 Å². The van der Waals surface area contributed by atoms with Crippen LogP contribution in [0, 0.1) is 5.92 Å². The molecule has 1 atom stereocenters. The number of hydrogen-bond donors (Lipinski definition) is 1. The summed E-state index contributed by atoms with van der Waals surface area (Å²) in [6, 6.07) is 5.27. The van der Waals surface area contributed by atoms with Crippen LogP contribution in [0.1, 0.15) is 12.8 Å². The molecule has 21 heavy (non-hydrogen) atoms. The van der Waals surface area contributed by atoms with Crippen LogP contribution in [0.3, 0.4) is 0 Å². The number of anilines is 1. The van der Waals surface area contributed by atoms with E-state index >= 15 is 0 Å². The van der Waals surface area contributed by atoms with Gasteiger partial charge in [0.05, 0.1) is 10.6 Å². The molecule has 0 amide bonds. The van der Waals surface area contributed by atoms with Crippen molar-refractivity contribution in [3.63, 3.8) is 0 Å². The van der Waals surface area contributed by atoms with Gasteiger partial charge < -0.3 is 10.6 Å². The minimum atomic E-state index is -5.34. The molecule has 1 aromatic rings. The summed E-state index contributed by atoms with van der Waals surface area (Å²) in [4.78, 5) is 1.02. The molecule has 2 N–H and O–H groups in total. The van der Waals surface area contributed by atoms with Gasteiger partial charge in [0.2, 0.25) is 0 Å². The van der Waals surface area contributed by atoms with Crippen LogP contribution in [0.4, 0.5) is 18.9 Å². The van der Waals surface area contributed by atoms with Crippen molar-refractivity contribution in [2.24, 2.45) is 11.7 Å². The van der Waals surface area contributed by atoms with Gasteiger partial charge >= 0.3 is 5.51 Å². The Kier molecular flexibility index (Phi) is 4.48. The molecule has 1 aliphatic rings. The SMILES string of the molecule is NCCC1CCN(c2ccccc2S(=O)(=O)C(F)(F)F)C1. The molecule has 0 spiro atoms. The highest BCUT2D eigenvalue weighted by atomic mass is 32.2. The topological polar surface area (TPSA) is 63.4 Å². The van der Waals surface area contributed by atoms with Crippen LogP contribution in [0.2, 0.25) is 0 Å². The van der Waals surface area contributed by atoms with Gasteiger partial charge in [0.1, 0.15) is 0 Å². The molecule has 1 heterocycles. The summed E-state index contributed by atoms with van der Waals surface area (Å²) in [5.74, 6) is 0.289. The first-order valence-corrected chi connectivity index (χ1v) is 8.11. The lowest BCUT2D eigenvalue weighted by Crippen LogP contribution is -2.27. The molecule has 0 aromatic heterocycles. The van der Waals surface area contributed by atoms with E-state index in [0.29, 0.717) is 19.6 Å². The maximum atomic E-state index is 12.8. The third kappa shape index (κ3) is 3.16. The van der Waals surface area contributed by atoms with Crippen molar-refractivity contribution in [3.8, 4) is 0 Å². The summed E-state index contributed by atoms with van der Waals surface area (Å²) in [5.41, 5.74) is 0.313. The Balaban J connectivity index is 2.35. The van der Waals surface area contributed by atoms with Crippen LogP contribution in [-0.4, -0.2) is 33.6 Å². The van der Waals surface area contributed by atoms with Gasteiger partial charge in [0.15, 0.2) is 0 Å². The van der Waals surface area contributed by atoms with Crippen LogP contribution < -0.4 is 10.6 Å². The highest BCUT2D eigenvalue weighted by molar-refractivity contribution is 7.92. The standard InChI is InChI=1S/C13H17F3N2O2S/c14-13(15,16)21(19,20)12-4-2-1-3-11(12)18-8-6-10(9-18)5-7-17/h1-4,10H,5-9,17H2. The summed E-state index contributed by atoms with van der Waals surface area (Å²) in [6.07, 6.45) is 1.59. The lowest BCUT2D eigenvalue weighted by Gasteiger charge is -2.22. The highest BCUT2D eigenvalue weighted by Gasteiger charge is 2.48. The number of nitrogens with zero attached hydrogens (tertiary/aromatic N) is 1. The van der Waals surface area contributed by atoms with Gasteiger partial charge in [-0.3, -0.25) is 0 Å². The fourth-order valence-electron chi connectivity index (χ4n) is 2.59. The monoisotopic (exact) mass is 322 g/mol. The number of nitrogens with two attached hydrogens (primary N) is 1. The molecule has 1 aromatic carbocycles. The zero-order valence-electron chi connectivity index (χ0n) is 11.3. The average molecular weight is 322 g/mol. The average Bonchev–Trinajstić information content (AvgIpc) is 2.86. The first kappa shape index (κ1) is 16.1. The maximum Gasteiger partial charge on any atom is 0.501 e. The van der Waals surface area contributed by atoms with Gasteiger partial charge in [-0.15, -0.1) is 0 Å². The zero-order valence-corrected chi connectivity index (χ0v) is 12.1. The number of para-hydroxylation sites is 1. The molecule has 1 saturated heterocycles. The Morgan fingerprint density at radius 2 is 1.95 bits per heavy atom. The quantitative estimate of drug-likeness (QED) is 0.923. The van der Waals surface area contributed by atoms with Crippen LogP contribution in [0.15, 0.2) is 29.2 Å². The van der Waals surface area contributed by atoms with E-state index in [1.165, 1.54) is 12.1 Å². The number of rotatable bonds is 4. The van der Waals surface area contributed by atoms with Crippen LogP contribution in [0.25, 0.3) is 0 Å². The third-order valence-corrected chi connectivity index (χ3v) is 5.19. The lowest BCUT2D eigenvalue weighted by atomic mass is 10.1. The van der Waals surface area contributed by atoms with Crippen molar-refractivity contribution in [1.82, 2.24) is 0 Å². The Morgan fingerprint density at radius 1 is 1.29 bits per heavy atom. The van der Waals surface area contributed by atoms with Gasteiger partial charge in [-0.1, -0.05) is 12.1 Å². The predicted molar refractivity (Wildman–Crippen MR) is 73.7 cm³/mol. The van der Waals surface area contributed by atoms with Crippen molar-refractivity contribution in [3.05, 3.63) is 24.3 Å². The molecule has 0 bridgehead atoms. The molecule has 2 rings (SSSR count). The molecule has 4 nitrogen and oxygen atoms in total. The second-order valence-corrected chi connectivity index (χ2v) is 7.00. The molecular weight excluding hydrogens is 305 g/mol. The molecular formula is C13H17F3N2O2S. The lowest BCUT2D eigenvalue weighted by molar-refractivity contribution is -0.0435. The predicted octanol–water partition coefficient (Wildman–Crippen LogP) is 2.16. The van der Waals surface area contributed by atoms with E-state index in [-0.39, 0.29) is 11.6 Å². The van der Waals surface area contributed by atoms with Crippen molar-refractivity contribution in [2.75, 3.05) is 24.5 Å². The summed E-state index contributed by atoms with van der Waals surface area (Å²) < 4.78 is 61.6. The second kappa shape index (κ2) is 5.84. The molecule has 0 saturated carbocycles. The molecule has 1 fully saturated rings. The van der Waals surface area contributed by atoms with Gasteiger partial charge in [-0.25, -0.2) is 8.42 Å². The number of benzene rings is 1. The molecule has 1 unspecified atom stereocenters. The van der Waals surface area contributed by atoms with Gasteiger partial charge in [-0.05, 0) is 37.4 Å². The van der Waals surface area contributed by atoms with E-state index in [2.05, 4.69) is 0 Å². The largest absolute Gasteiger partial charge is 0.501 e. The van der Waals surface area contributed by atoms with E-state index in [9.17, 15) is 21.6 Å². The normalized spacial score (nSPS) is 20.0. The number of hydrogen-bond acceptors (Lipinski definition) is 4. The zero-order chi connectivity index (χ0) is 15.7. The van der Waals surface area contributed by atoms with Crippen LogP contribution in [0.5, 0.6) is 0 Å². The highest BCUT2D eigenvalue weighted by Crippen LogP contribution is 2.37. The van der Waals surface area contributed by atoms with Crippen LogP contribution >= 0.6 is 0 Å². The van der Waals surface area contributed by atoms with Crippen molar-refractivity contribution < 1.29 is 21.6 Å². The summed E-state index contributed by atoms with van der Waals surface area (Å²) in [6.45, 7) is 1.58. The van der Waals surface area contributed by atoms with Crippen molar-refractivity contribution in [1.29, 1.82) is 0 Å². The fourth-order valence-corrected chi connectivity index (χ4v) is 3.57. The van der Waals surface area contributed by atoms with E-state index < -0.39 is 20.2 Å². The molecule has 0 radical (unpaired) electrons. The van der Waals surface area contributed by atoms with Crippen LogP contribution in [-0.2, 0) is 9.84 Å². The first-order valence-electron chi connectivity index (χ1n) is 6.62. The molecule has 118 valence electrons. The van der Waals surface area contributed by atoms with E-state index in [1.807, 2.05) is 0 Å². The Hall–Kier alpha value is -1.28. The second-order valence-electron chi connectivity index (χ2n) is 5.09. The van der Waals surface area contributed by atoms with Gasteiger partial charge in [-0.2, -0.15) is 13.2 Å². The van der Waals surface area contributed by atoms with E-state index in [1.54, 1.807) is 11.0 Å². The van der Waals surface area contributed by atoms with Crippen molar-refractivity contribution in [2.45, 2.75) is 23.2 Å². The van der Waals surface area contributed by atoms with Gasteiger partial charge in [0.25, 0.3) is 9.84 Å². The Bertz CT molecular complexity index is 602. The van der Waals surface area contributed by atoms with E-state index in [0.717, 1.165) is 18.9 Å². The Labute approximate surface area is 121 Å². The minimum absolute atomic E-state index is 0.120. The van der Waals surface area contributed by atoms with E-state index in [4.69, 9.17) is 5.73 Å². The third-order valence-electron chi connectivity index (χ3n) is 3.66. The summed E-state index contributed by atoms with van der Waals surface area (Å²) >= 11 is 0. The number of alkyl halides is 3. The van der Waals surface area contributed by atoms with Crippen molar-refractivity contribution >= 4 is 15.5 Å². The summed E-state index contributed by atoms with van der Waals surface area (Å²) in [5, 5.41) is 0. The minimum Gasteiger partial charge on any atom is -0.370 e. The number of sulfone groups is 1. The molecule has 8 heteroatoms. The Morgan fingerprint density at radius 3 is 2.57 bits per heavy atom.